The maximum Gasteiger partial charge on any atom is 0.422 e. The number of amides is 2. The summed E-state index contributed by atoms with van der Waals surface area (Å²) in [5.74, 6) is -0.0118. The van der Waals surface area contributed by atoms with E-state index < -0.39 is 11.7 Å². The van der Waals surface area contributed by atoms with Gasteiger partial charge in [0.2, 0.25) is 5.91 Å². The molecule has 0 aromatic carbocycles. The first-order chi connectivity index (χ1) is 7.28. The van der Waals surface area contributed by atoms with E-state index >= 15 is 0 Å². The Balaban J connectivity index is 2.38. The molecule has 1 aliphatic rings. The Bertz CT molecular complexity index is 286. The van der Waals surface area contributed by atoms with Crippen LogP contribution >= 0.6 is 0 Å². The largest absolute Gasteiger partial charge is 0.443 e. The van der Waals surface area contributed by atoms with Crippen molar-refractivity contribution in [1.29, 1.82) is 0 Å². The van der Waals surface area contributed by atoms with Gasteiger partial charge in [0.15, 0.2) is 0 Å². The van der Waals surface area contributed by atoms with Crippen molar-refractivity contribution < 1.29 is 14.3 Å². The molecule has 1 heterocycles. The Labute approximate surface area is 95.5 Å². The zero-order chi connectivity index (χ0) is 12.3. The lowest BCUT2D eigenvalue weighted by Crippen LogP contribution is -2.55. The number of hydrazine groups is 1. The maximum atomic E-state index is 11.4. The molecule has 16 heavy (non-hydrogen) atoms. The van der Waals surface area contributed by atoms with E-state index in [1.165, 1.54) is 0 Å². The second kappa shape index (κ2) is 4.69. The maximum absolute atomic E-state index is 11.4. The average Bonchev–Trinajstić information content (AvgIpc) is 2.08. The van der Waals surface area contributed by atoms with Crippen LogP contribution in [0, 0.1) is 0 Å². The molecular formula is C10H19N3O3. The fourth-order valence-corrected chi connectivity index (χ4v) is 1.28. The fourth-order valence-electron chi connectivity index (χ4n) is 1.28. The van der Waals surface area contributed by atoms with E-state index in [0.29, 0.717) is 13.1 Å². The van der Waals surface area contributed by atoms with Crippen LogP contribution in [-0.4, -0.2) is 54.2 Å². The summed E-state index contributed by atoms with van der Waals surface area (Å²) in [6.07, 6.45) is -0.523. The Morgan fingerprint density at radius 2 is 2.00 bits per heavy atom. The molecule has 0 aromatic rings. The van der Waals surface area contributed by atoms with E-state index in [9.17, 15) is 9.59 Å². The summed E-state index contributed by atoms with van der Waals surface area (Å²) >= 11 is 0. The molecule has 92 valence electrons. The average molecular weight is 229 g/mol. The van der Waals surface area contributed by atoms with Gasteiger partial charge >= 0.3 is 6.09 Å². The van der Waals surface area contributed by atoms with Crippen LogP contribution in [0.2, 0.25) is 0 Å². The minimum atomic E-state index is -0.527. The third-order valence-electron chi connectivity index (χ3n) is 2.11. The van der Waals surface area contributed by atoms with Gasteiger partial charge in [-0.15, -0.1) is 0 Å². The number of hydrogen-bond donors (Lipinski definition) is 1. The lowest BCUT2D eigenvalue weighted by atomic mass is 10.2. The van der Waals surface area contributed by atoms with Crippen LogP contribution in [0.4, 0.5) is 4.79 Å². The first-order valence-electron chi connectivity index (χ1n) is 5.26. The molecule has 1 N–H and O–H groups in total. The number of hydrogen-bond acceptors (Lipinski definition) is 4. The molecule has 2 amide bonds. The lowest BCUT2D eigenvalue weighted by molar-refractivity contribution is -0.135. The molecule has 1 rings (SSSR count). The van der Waals surface area contributed by atoms with Crippen molar-refractivity contribution in [2.45, 2.75) is 26.4 Å². The van der Waals surface area contributed by atoms with Crippen LogP contribution in [-0.2, 0) is 9.53 Å². The van der Waals surface area contributed by atoms with E-state index in [0.717, 1.165) is 0 Å². The minimum absolute atomic E-state index is 0.0118. The van der Waals surface area contributed by atoms with Gasteiger partial charge in [0.05, 0.1) is 6.54 Å². The van der Waals surface area contributed by atoms with Crippen molar-refractivity contribution in [2.75, 3.05) is 26.7 Å². The zero-order valence-electron chi connectivity index (χ0n) is 10.2. The normalized spacial score (nSPS) is 18.5. The fraction of sp³-hybridized carbons (Fsp3) is 0.800. The van der Waals surface area contributed by atoms with E-state index in [-0.39, 0.29) is 12.5 Å². The number of nitrogens with zero attached hydrogens (tertiary/aromatic N) is 2. The summed E-state index contributed by atoms with van der Waals surface area (Å²) in [4.78, 5) is 24.4. The van der Waals surface area contributed by atoms with Crippen LogP contribution in [0.5, 0.6) is 0 Å². The molecule has 0 atom stereocenters. The Morgan fingerprint density at radius 1 is 1.38 bits per heavy atom. The molecule has 0 unspecified atom stereocenters. The summed E-state index contributed by atoms with van der Waals surface area (Å²) in [5.41, 5.74) is 2.02. The Hall–Kier alpha value is -1.30. The summed E-state index contributed by atoms with van der Waals surface area (Å²) < 4.78 is 5.09. The van der Waals surface area contributed by atoms with Crippen LogP contribution < -0.4 is 5.43 Å². The predicted octanol–water partition coefficient (Wildman–Crippen LogP) is 0.200. The van der Waals surface area contributed by atoms with Gasteiger partial charge in [-0.25, -0.2) is 9.80 Å². The number of carbonyl (C=O) groups is 2. The quantitative estimate of drug-likeness (QED) is 0.697. The van der Waals surface area contributed by atoms with Crippen molar-refractivity contribution in [3.05, 3.63) is 0 Å². The smallest absolute Gasteiger partial charge is 0.422 e. The van der Waals surface area contributed by atoms with E-state index in [4.69, 9.17) is 4.74 Å². The van der Waals surface area contributed by atoms with Crippen molar-refractivity contribution in [2.24, 2.45) is 0 Å². The van der Waals surface area contributed by atoms with Crippen LogP contribution in [0.3, 0.4) is 0 Å². The van der Waals surface area contributed by atoms with Crippen molar-refractivity contribution in [1.82, 2.24) is 15.3 Å². The molecule has 0 aliphatic carbocycles. The van der Waals surface area contributed by atoms with Crippen LogP contribution in [0.25, 0.3) is 0 Å². The number of carbonyl (C=O) groups excluding carboxylic acids is 2. The molecule has 1 aliphatic heterocycles. The second-order valence-corrected chi connectivity index (χ2v) is 4.85. The molecule has 0 bridgehead atoms. The molecule has 1 saturated heterocycles. The number of nitrogens with one attached hydrogen (secondary N) is 1. The van der Waals surface area contributed by atoms with Crippen molar-refractivity contribution >= 4 is 12.0 Å². The number of ether oxygens (including phenoxy) is 1. The van der Waals surface area contributed by atoms with Crippen molar-refractivity contribution in [3.8, 4) is 0 Å². The first kappa shape index (κ1) is 12.8. The molecule has 0 radical (unpaired) electrons. The van der Waals surface area contributed by atoms with Gasteiger partial charge in [-0.2, -0.15) is 0 Å². The highest BCUT2D eigenvalue weighted by atomic mass is 16.6. The summed E-state index contributed by atoms with van der Waals surface area (Å²) in [5, 5.41) is 1.57. The molecule has 0 spiro atoms. The molecule has 0 saturated carbocycles. The topological polar surface area (TPSA) is 61.9 Å². The highest BCUT2D eigenvalue weighted by Gasteiger charge is 2.24. The van der Waals surface area contributed by atoms with Crippen LogP contribution in [0.1, 0.15) is 20.8 Å². The van der Waals surface area contributed by atoms with Gasteiger partial charge < -0.3 is 9.64 Å². The second-order valence-electron chi connectivity index (χ2n) is 4.85. The van der Waals surface area contributed by atoms with E-state index in [1.54, 1.807) is 37.7 Å². The molecule has 0 aromatic heterocycles. The van der Waals surface area contributed by atoms with Gasteiger partial charge in [0, 0.05) is 20.1 Å². The van der Waals surface area contributed by atoms with Crippen LogP contribution in [0.15, 0.2) is 0 Å². The number of piperazine rings is 1. The standard InChI is InChI=1S/C10H19N3O3/c1-10(2,3)16-9(15)11-13-6-5-12(4)8(14)7-13/h5-7H2,1-4H3,(H,11,15). The minimum Gasteiger partial charge on any atom is -0.443 e. The van der Waals surface area contributed by atoms with E-state index in [1.807, 2.05) is 0 Å². The van der Waals surface area contributed by atoms with Gasteiger partial charge in [0.25, 0.3) is 0 Å². The van der Waals surface area contributed by atoms with Gasteiger partial charge in [-0.3, -0.25) is 10.2 Å². The lowest BCUT2D eigenvalue weighted by Gasteiger charge is -2.32. The highest BCUT2D eigenvalue weighted by Crippen LogP contribution is 2.07. The number of likely N-dealkylation sites (N-methyl/N-ethyl adjacent to an activating group) is 1. The summed E-state index contributed by atoms with van der Waals surface area (Å²) in [6.45, 7) is 6.79. The highest BCUT2D eigenvalue weighted by molar-refractivity contribution is 5.79. The SMILES string of the molecule is CN1CCN(NC(=O)OC(C)(C)C)CC1=O. The van der Waals surface area contributed by atoms with Gasteiger partial charge in [0.1, 0.15) is 5.60 Å². The Morgan fingerprint density at radius 3 is 2.50 bits per heavy atom. The molecule has 6 nitrogen and oxygen atoms in total. The predicted molar refractivity (Wildman–Crippen MR) is 58.6 cm³/mol. The Kier molecular flexibility index (Phi) is 3.74. The molecule has 1 fully saturated rings. The van der Waals surface area contributed by atoms with Gasteiger partial charge in [-0.1, -0.05) is 0 Å². The molecular weight excluding hydrogens is 210 g/mol. The monoisotopic (exact) mass is 229 g/mol. The zero-order valence-corrected chi connectivity index (χ0v) is 10.2. The number of rotatable bonds is 1. The third-order valence-corrected chi connectivity index (χ3v) is 2.11. The van der Waals surface area contributed by atoms with E-state index in [2.05, 4.69) is 5.43 Å². The summed E-state index contributed by atoms with van der Waals surface area (Å²) in [7, 11) is 1.74. The van der Waals surface area contributed by atoms with Crippen molar-refractivity contribution in [3.63, 3.8) is 0 Å². The summed E-state index contributed by atoms with van der Waals surface area (Å²) in [6, 6.07) is 0. The van der Waals surface area contributed by atoms with Gasteiger partial charge in [-0.05, 0) is 20.8 Å². The third kappa shape index (κ3) is 4.06. The first-order valence-corrected chi connectivity index (χ1v) is 5.26. The molecule has 6 heteroatoms.